The number of benzene rings is 2. The molecule has 1 aromatic heterocycles. The summed E-state index contributed by atoms with van der Waals surface area (Å²) in [6, 6.07) is 13.4. The zero-order chi connectivity index (χ0) is 16.4. The van der Waals surface area contributed by atoms with Gasteiger partial charge in [-0.3, -0.25) is 0 Å². The molecule has 23 heavy (non-hydrogen) atoms. The number of hydrogen-bond acceptors (Lipinski definition) is 4. The number of aromatic hydroxyl groups is 1. The predicted molar refractivity (Wildman–Crippen MR) is 93.2 cm³/mol. The average Bonchev–Trinajstić information content (AvgIpc) is 2.53. The second kappa shape index (κ2) is 6.16. The van der Waals surface area contributed by atoms with E-state index in [-0.39, 0.29) is 0 Å². The van der Waals surface area contributed by atoms with Gasteiger partial charge in [0.2, 0.25) is 0 Å². The molecule has 0 amide bonds. The van der Waals surface area contributed by atoms with E-state index in [1.807, 2.05) is 44.2 Å². The topological polar surface area (TPSA) is 54.4 Å². The summed E-state index contributed by atoms with van der Waals surface area (Å²) in [6.07, 6.45) is 0. The first-order valence-electron chi connectivity index (χ1n) is 7.55. The van der Waals surface area contributed by atoms with E-state index in [0.29, 0.717) is 12.3 Å². The number of nitrogens with zero attached hydrogens (tertiary/aromatic N) is 1. The van der Waals surface area contributed by atoms with Gasteiger partial charge in [0.05, 0.1) is 7.11 Å². The highest BCUT2D eigenvalue weighted by molar-refractivity contribution is 5.95. The normalized spacial score (nSPS) is 10.7. The number of para-hydroxylation sites is 1. The quantitative estimate of drug-likeness (QED) is 0.759. The Kier molecular flexibility index (Phi) is 4.06. The van der Waals surface area contributed by atoms with Crippen molar-refractivity contribution in [2.45, 2.75) is 20.4 Å². The number of anilines is 1. The lowest BCUT2D eigenvalue weighted by Gasteiger charge is -2.14. The SMILES string of the molecule is COc1cccc2c(NCc3ccc(O)cc3C)cc(C)nc12. The number of aryl methyl sites for hydroxylation is 2. The molecule has 0 atom stereocenters. The minimum atomic E-state index is 0.293. The number of pyridine rings is 1. The van der Waals surface area contributed by atoms with E-state index >= 15 is 0 Å². The van der Waals surface area contributed by atoms with Gasteiger partial charge >= 0.3 is 0 Å². The Morgan fingerprint density at radius 3 is 2.70 bits per heavy atom. The first kappa shape index (κ1) is 15.2. The maximum atomic E-state index is 9.52. The van der Waals surface area contributed by atoms with Crippen LogP contribution in [0.15, 0.2) is 42.5 Å². The van der Waals surface area contributed by atoms with E-state index in [1.54, 1.807) is 19.2 Å². The highest BCUT2D eigenvalue weighted by atomic mass is 16.5. The van der Waals surface area contributed by atoms with Crippen LogP contribution in [0.1, 0.15) is 16.8 Å². The van der Waals surface area contributed by atoms with Crippen LogP contribution in [0.4, 0.5) is 5.69 Å². The Morgan fingerprint density at radius 1 is 1.13 bits per heavy atom. The summed E-state index contributed by atoms with van der Waals surface area (Å²) in [5, 5.41) is 14.0. The molecule has 4 heteroatoms. The largest absolute Gasteiger partial charge is 0.508 e. The lowest BCUT2D eigenvalue weighted by molar-refractivity contribution is 0.419. The van der Waals surface area contributed by atoms with Crippen LogP contribution in [0.3, 0.4) is 0 Å². The van der Waals surface area contributed by atoms with Gasteiger partial charge in [-0.1, -0.05) is 18.2 Å². The van der Waals surface area contributed by atoms with Gasteiger partial charge in [0, 0.05) is 23.3 Å². The Morgan fingerprint density at radius 2 is 1.96 bits per heavy atom. The Balaban J connectivity index is 1.96. The molecule has 2 N–H and O–H groups in total. The predicted octanol–water partition coefficient (Wildman–Crippen LogP) is 4.18. The van der Waals surface area contributed by atoms with Gasteiger partial charge in [-0.05, 0) is 49.2 Å². The molecular formula is C19H20N2O2. The van der Waals surface area contributed by atoms with Crippen molar-refractivity contribution in [3.05, 3.63) is 59.3 Å². The molecule has 0 saturated heterocycles. The maximum absolute atomic E-state index is 9.52. The summed E-state index contributed by atoms with van der Waals surface area (Å²) in [5.41, 5.74) is 5.03. The van der Waals surface area contributed by atoms with Crippen molar-refractivity contribution in [1.29, 1.82) is 0 Å². The third kappa shape index (κ3) is 3.06. The second-order valence-corrected chi connectivity index (χ2v) is 5.63. The van der Waals surface area contributed by atoms with Crippen molar-refractivity contribution in [1.82, 2.24) is 4.98 Å². The fourth-order valence-corrected chi connectivity index (χ4v) is 2.73. The number of phenols is 1. The van der Waals surface area contributed by atoms with Crippen molar-refractivity contribution in [3.63, 3.8) is 0 Å². The molecule has 0 radical (unpaired) electrons. The van der Waals surface area contributed by atoms with Gasteiger partial charge in [0.1, 0.15) is 17.0 Å². The van der Waals surface area contributed by atoms with Crippen LogP contribution in [0.2, 0.25) is 0 Å². The zero-order valence-electron chi connectivity index (χ0n) is 13.6. The van der Waals surface area contributed by atoms with Crippen molar-refractivity contribution in [3.8, 4) is 11.5 Å². The fourth-order valence-electron chi connectivity index (χ4n) is 2.73. The molecule has 0 bridgehead atoms. The molecule has 0 saturated carbocycles. The number of methoxy groups -OCH3 is 1. The summed E-state index contributed by atoms with van der Waals surface area (Å²) in [4.78, 5) is 4.59. The zero-order valence-corrected chi connectivity index (χ0v) is 13.6. The van der Waals surface area contributed by atoms with Crippen LogP contribution in [-0.4, -0.2) is 17.2 Å². The van der Waals surface area contributed by atoms with Crippen LogP contribution < -0.4 is 10.1 Å². The van der Waals surface area contributed by atoms with Gasteiger partial charge < -0.3 is 15.2 Å². The van der Waals surface area contributed by atoms with E-state index < -0.39 is 0 Å². The Bertz CT molecular complexity index is 859. The van der Waals surface area contributed by atoms with Crippen molar-refractivity contribution >= 4 is 16.6 Å². The molecule has 4 nitrogen and oxygen atoms in total. The molecule has 2 aromatic carbocycles. The molecular weight excluding hydrogens is 288 g/mol. The molecule has 0 aliphatic carbocycles. The van der Waals surface area contributed by atoms with E-state index in [0.717, 1.165) is 39.2 Å². The van der Waals surface area contributed by atoms with E-state index in [9.17, 15) is 5.11 Å². The summed E-state index contributed by atoms with van der Waals surface area (Å²) in [5.74, 6) is 1.07. The molecule has 0 unspecified atom stereocenters. The lowest BCUT2D eigenvalue weighted by atomic mass is 10.1. The lowest BCUT2D eigenvalue weighted by Crippen LogP contribution is -2.03. The number of fused-ring (bicyclic) bond motifs is 1. The summed E-state index contributed by atoms with van der Waals surface area (Å²) in [6.45, 7) is 4.65. The van der Waals surface area contributed by atoms with Gasteiger partial charge in [-0.25, -0.2) is 4.98 Å². The maximum Gasteiger partial charge on any atom is 0.145 e. The summed E-state index contributed by atoms with van der Waals surface area (Å²) in [7, 11) is 1.66. The molecule has 0 aliphatic rings. The van der Waals surface area contributed by atoms with Gasteiger partial charge in [-0.15, -0.1) is 0 Å². The monoisotopic (exact) mass is 308 g/mol. The molecule has 1 heterocycles. The average molecular weight is 308 g/mol. The van der Waals surface area contributed by atoms with Gasteiger partial charge in [0.15, 0.2) is 0 Å². The molecule has 0 aliphatic heterocycles. The Labute approximate surface area is 135 Å². The molecule has 3 rings (SSSR count). The summed E-state index contributed by atoms with van der Waals surface area (Å²) < 4.78 is 5.41. The second-order valence-electron chi connectivity index (χ2n) is 5.63. The number of nitrogens with one attached hydrogen (secondary N) is 1. The smallest absolute Gasteiger partial charge is 0.145 e. The third-order valence-corrected chi connectivity index (χ3v) is 3.95. The van der Waals surface area contributed by atoms with Gasteiger partial charge in [-0.2, -0.15) is 0 Å². The first-order valence-corrected chi connectivity index (χ1v) is 7.55. The highest BCUT2D eigenvalue weighted by Gasteiger charge is 2.09. The van der Waals surface area contributed by atoms with Crippen LogP contribution in [-0.2, 0) is 6.54 Å². The Hall–Kier alpha value is -2.75. The fraction of sp³-hybridized carbons (Fsp3) is 0.211. The molecule has 0 spiro atoms. The van der Waals surface area contributed by atoms with Crippen LogP contribution in [0.5, 0.6) is 11.5 Å². The van der Waals surface area contributed by atoms with Crippen molar-refractivity contribution in [2.24, 2.45) is 0 Å². The molecule has 0 fully saturated rings. The number of rotatable bonds is 4. The van der Waals surface area contributed by atoms with E-state index in [1.165, 1.54) is 0 Å². The molecule has 118 valence electrons. The van der Waals surface area contributed by atoms with E-state index in [2.05, 4.69) is 10.3 Å². The highest BCUT2D eigenvalue weighted by Crippen LogP contribution is 2.30. The van der Waals surface area contributed by atoms with Crippen LogP contribution >= 0.6 is 0 Å². The van der Waals surface area contributed by atoms with Crippen LogP contribution in [0.25, 0.3) is 10.9 Å². The van der Waals surface area contributed by atoms with E-state index in [4.69, 9.17) is 4.74 Å². The van der Waals surface area contributed by atoms with Crippen molar-refractivity contribution < 1.29 is 9.84 Å². The number of aromatic nitrogens is 1. The van der Waals surface area contributed by atoms with Crippen molar-refractivity contribution in [2.75, 3.05) is 12.4 Å². The van der Waals surface area contributed by atoms with Gasteiger partial charge in [0.25, 0.3) is 0 Å². The van der Waals surface area contributed by atoms with Crippen LogP contribution in [0, 0.1) is 13.8 Å². The summed E-state index contributed by atoms with van der Waals surface area (Å²) >= 11 is 0. The first-order chi connectivity index (χ1) is 11.1. The minimum absolute atomic E-state index is 0.293. The third-order valence-electron chi connectivity index (χ3n) is 3.95. The minimum Gasteiger partial charge on any atom is -0.508 e. The number of hydrogen-bond donors (Lipinski definition) is 2. The standard InChI is InChI=1S/C19H20N2O2/c1-12-9-15(22)8-7-14(12)11-20-17-10-13(2)21-19-16(17)5-4-6-18(19)23-3/h4-10,22H,11H2,1-3H3,(H,20,21). The molecule has 3 aromatic rings. The number of ether oxygens (including phenoxy) is 1. The number of phenolic OH excluding ortho intramolecular Hbond substituents is 1.